The number of aromatic hydroxyl groups is 1. The van der Waals surface area contributed by atoms with Gasteiger partial charge in [-0.2, -0.15) is 0 Å². The van der Waals surface area contributed by atoms with Crippen LogP contribution in [-0.2, 0) is 16.6 Å². The van der Waals surface area contributed by atoms with Crippen molar-refractivity contribution in [3.05, 3.63) is 77.5 Å². The van der Waals surface area contributed by atoms with Crippen LogP contribution in [0.1, 0.15) is 43.9 Å². The number of phenolic OH excluding ortho intramolecular Hbond substituents is 1. The maximum Gasteiger partial charge on any atom is 0.224 e. The van der Waals surface area contributed by atoms with E-state index in [1.807, 2.05) is 25.1 Å². The van der Waals surface area contributed by atoms with E-state index in [-0.39, 0.29) is 17.1 Å². The number of nitrogens with zero attached hydrogens (tertiary/aromatic N) is 1. The summed E-state index contributed by atoms with van der Waals surface area (Å²) in [5, 5.41) is 12.4. The standard InChI is InChI=1S/C25H28N2O2/c1-17-15-21(16-26-24(17)19-8-12-22(28)13-9-19)27-23(29)14-7-18-5-10-20(11-6-18)25(2,3)4/h5-6,8-13,15-16,28H,7,14H2,1-4H3,(H,27,29). The van der Waals surface area contributed by atoms with Gasteiger partial charge in [0, 0.05) is 12.0 Å². The van der Waals surface area contributed by atoms with Crippen LogP contribution in [0.2, 0.25) is 0 Å². The van der Waals surface area contributed by atoms with Crippen molar-refractivity contribution >= 4 is 11.6 Å². The van der Waals surface area contributed by atoms with E-state index in [2.05, 4.69) is 55.3 Å². The number of amides is 1. The Balaban J connectivity index is 1.59. The number of carbonyl (C=O) groups is 1. The van der Waals surface area contributed by atoms with Crippen molar-refractivity contribution in [2.45, 2.75) is 46.0 Å². The number of anilines is 1. The van der Waals surface area contributed by atoms with Crippen LogP contribution in [-0.4, -0.2) is 16.0 Å². The van der Waals surface area contributed by atoms with Gasteiger partial charge in [-0.25, -0.2) is 0 Å². The van der Waals surface area contributed by atoms with Gasteiger partial charge in [0.25, 0.3) is 0 Å². The number of aromatic nitrogens is 1. The van der Waals surface area contributed by atoms with Gasteiger partial charge in [-0.15, -0.1) is 0 Å². The first-order valence-electron chi connectivity index (χ1n) is 9.88. The van der Waals surface area contributed by atoms with Crippen LogP contribution in [0, 0.1) is 6.92 Å². The summed E-state index contributed by atoms with van der Waals surface area (Å²) >= 11 is 0. The van der Waals surface area contributed by atoms with Crippen LogP contribution in [0.15, 0.2) is 60.8 Å². The molecule has 3 rings (SSSR count). The minimum atomic E-state index is -0.0246. The average molecular weight is 389 g/mol. The molecule has 0 fully saturated rings. The molecule has 150 valence electrons. The van der Waals surface area contributed by atoms with Crippen molar-refractivity contribution in [2.24, 2.45) is 0 Å². The lowest BCUT2D eigenvalue weighted by Gasteiger charge is -2.19. The van der Waals surface area contributed by atoms with E-state index in [1.54, 1.807) is 18.3 Å². The fourth-order valence-corrected chi connectivity index (χ4v) is 3.22. The number of pyridine rings is 1. The fourth-order valence-electron chi connectivity index (χ4n) is 3.22. The average Bonchev–Trinajstić information content (AvgIpc) is 2.67. The molecule has 2 aromatic carbocycles. The molecule has 0 spiro atoms. The molecule has 0 radical (unpaired) electrons. The zero-order valence-electron chi connectivity index (χ0n) is 17.5. The number of nitrogens with one attached hydrogen (secondary N) is 1. The Hall–Kier alpha value is -3.14. The lowest BCUT2D eigenvalue weighted by Crippen LogP contribution is -2.13. The molecule has 0 saturated carbocycles. The maximum absolute atomic E-state index is 12.3. The Labute approximate surface area is 172 Å². The number of hydrogen-bond donors (Lipinski definition) is 2. The third-order valence-corrected chi connectivity index (χ3v) is 4.96. The highest BCUT2D eigenvalue weighted by Gasteiger charge is 2.13. The van der Waals surface area contributed by atoms with Gasteiger partial charge >= 0.3 is 0 Å². The van der Waals surface area contributed by atoms with E-state index >= 15 is 0 Å². The van der Waals surface area contributed by atoms with Crippen LogP contribution in [0.25, 0.3) is 11.3 Å². The molecular weight excluding hydrogens is 360 g/mol. The van der Waals surface area contributed by atoms with E-state index in [9.17, 15) is 9.90 Å². The summed E-state index contributed by atoms with van der Waals surface area (Å²) in [5.41, 5.74) is 6.00. The van der Waals surface area contributed by atoms with E-state index < -0.39 is 0 Å². The zero-order valence-corrected chi connectivity index (χ0v) is 17.5. The van der Waals surface area contributed by atoms with Gasteiger partial charge in [-0.3, -0.25) is 9.78 Å². The largest absolute Gasteiger partial charge is 0.508 e. The van der Waals surface area contributed by atoms with Crippen molar-refractivity contribution in [1.82, 2.24) is 4.98 Å². The van der Waals surface area contributed by atoms with Gasteiger partial charge in [-0.1, -0.05) is 45.0 Å². The predicted octanol–water partition coefficient (Wildman–Crippen LogP) is 5.63. The molecule has 2 N–H and O–H groups in total. The molecule has 0 atom stereocenters. The molecule has 1 amide bonds. The molecule has 4 heteroatoms. The van der Waals surface area contributed by atoms with Crippen LogP contribution >= 0.6 is 0 Å². The minimum absolute atomic E-state index is 0.0246. The summed E-state index contributed by atoms with van der Waals surface area (Å²) in [7, 11) is 0. The van der Waals surface area contributed by atoms with Crippen LogP contribution in [0.4, 0.5) is 5.69 Å². The Morgan fingerprint density at radius 1 is 1.03 bits per heavy atom. The summed E-state index contributed by atoms with van der Waals surface area (Å²) in [5.74, 6) is 0.201. The zero-order chi connectivity index (χ0) is 21.0. The molecule has 1 aromatic heterocycles. The van der Waals surface area contributed by atoms with Crippen LogP contribution in [0.3, 0.4) is 0 Å². The number of carbonyl (C=O) groups excluding carboxylic acids is 1. The van der Waals surface area contributed by atoms with Crippen LogP contribution < -0.4 is 5.32 Å². The molecule has 0 aliphatic heterocycles. The summed E-state index contributed by atoms with van der Waals surface area (Å²) in [4.78, 5) is 16.8. The topological polar surface area (TPSA) is 62.2 Å². The highest BCUT2D eigenvalue weighted by atomic mass is 16.3. The Bertz CT molecular complexity index is 985. The monoisotopic (exact) mass is 388 g/mol. The first-order chi connectivity index (χ1) is 13.7. The Morgan fingerprint density at radius 2 is 1.69 bits per heavy atom. The molecule has 1 heterocycles. The highest BCUT2D eigenvalue weighted by Crippen LogP contribution is 2.25. The number of hydrogen-bond acceptors (Lipinski definition) is 3. The molecule has 29 heavy (non-hydrogen) atoms. The SMILES string of the molecule is Cc1cc(NC(=O)CCc2ccc(C(C)(C)C)cc2)cnc1-c1ccc(O)cc1. The van der Waals surface area contributed by atoms with Crippen molar-refractivity contribution in [3.63, 3.8) is 0 Å². The summed E-state index contributed by atoms with van der Waals surface area (Å²) in [6, 6.07) is 17.3. The first kappa shape index (κ1) is 20.6. The maximum atomic E-state index is 12.3. The molecular formula is C25H28N2O2. The molecule has 0 aliphatic carbocycles. The number of benzene rings is 2. The van der Waals surface area contributed by atoms with Gasteiger partial charge in [0.15, 0.2) is 0 Å². The summed E-state index contributed by atoms with van der Waals surface area (Å²) < 4.78 is 0. The van der Waals surface area contributed by atoms with Crippen molar-refractivity contribution in [1.29, 1.82) is 0 Å². The highest BCUT2D eigenvalue weighted by molar-refractivity contribution is 5.91. The predicted molar refractivity (Wildman–Crippen MR) is 118 cm³/mol. The van der Waals surface area contributed by atoms with E-state index in [0.29, 0.717) is 18.5 Å². The number of rotatable bonds is 5. The lowest BCUT2D eigenvalue weighted by molar-refractivity contribution is -0.116. The van der Waals surface area contributed by atoms with E-state index in [1.165, 1.54) is 5.56 Å². The number of phenols is 1. The van der Waals surface area contributed by atoms with Gasteiger partial charge < -0.3 is 10.4 Å². The molecule has 3 aromatic rings. The van der Waals surface area contributed by atoms with Crippen molar-refractivity contribution in [2.75, 3.05) is 5.32 Å². The van der Waals surface area contributed by atoms with E-state index in [0.717, 1.165) is 22.4 Å². The third-order valence-electron chi connectivity index (χ3n) is 4.96. The van der Waals surface area contributed by atoms with Crippen molar-refractivity contribution < 1.29 is 9.90 Å². The van der Waals surface area contributed by atoms with Gasteiger partial charge in [0.1, 0.15) is 5.75 Å². The van der Waals surface area contributed by atoms with Gasteiger partial charge in [-0.05, 0) is 65.8 Å². The first-order valence-corrected chi connectivity index (χ1v) is 9.88. The second-order valence-corrected chi connectivity index (χ2v) is 8.43. The van der Waals surface area contributed by atoms with E-state index in [4.69, 9.17) is 0 Å². The lowest BCUT2D eigenvalue weighted by atomic mass is 9.86. The van der Waals surface area contributed by atoms with Crippen LogP contribution in [0.5, 0.6) is 5.75 Å². The van der Waals surface area contributed by atoms with Gasteiger partial charge in [0.2, 0.25) is 5.91 Å². The second-order valence-electron chi connectivity index (χ2n) is 8.43. The normalized spacial score (nSPS) is 11.3. The number of aryl methyl sites for hydroxylation is 2. The summed E-state index contributed by atoms with van der Waals surface area (Å²) in [6.07, 6.45) is 2.80. The Kier molecular flexibility index (Phi) is 6.02. The van der Waals surface area contributed by atoms with Crippen molar-refractivity contribution in [3.8, 4) is 17.0 Å². The molecule has 0 aliphatic rings. The Morgan fingerprint density at radius 3 is 2.28 bits per heavy atom. The van der Waals surface area contributed by atoms with Gasteiger partial charge in [0.05, 0.1) is 17.6 Å². The quantitative estimate of drug-likeness (QED) is 0.595. The molecule has 4 nitrogen and oxygen atoms in total. The second kappa shape index (κ2) is 8.48. The molecule has 0 saturated heterocycles. The third kappa shape index (κ3) is 5.44. The molecule has 0 unspecified atom stereocenters. The molecule has 0 bridgehead atoms. The fraction of sp³-hybridized carbons (Fsp3) is 0.280. The smallest absolute Gasteiger partial charge is 0.224 e. The summed E-state index contributed by atoms with van der Waals surface area (Å²) in [6.45, 7) is 8.54. The minimum Gasteiger partial charge on any atom is -0.508 e.